The fraction of sp³-hybridized carbons (Fsp3) is 0.211. The lowest BCUT2D eigenvalue weighted by Gasteiger charge is -2.08. The number of hydrogen-bond acceptors (Lipinski definition) is 4. The molecule has 0 aliphatic rings. The van der Waals surface area contributed by atoms with E-state index in [1.807, 2.05) is 44.2 Å². The number of benzene rings is 1. The topological polar surface area (TPSA) is 79.0 Å². The van der Waals surface area contributed by atoms with E-state index in [9.17, 15) is 9.90 Å². The lowest BCUT2D eigenvalue weighted by molar-refractivity contribution is 0.0948. The summed E-state index contributed by atoms with van der Waals surface area (Å²) in [6.45, 7) is 5.65. The van der Waals surface area contributed by atoms with Crippen LogP contribution in [0.2, 0.25) is 0 Å². The van der Waals surface area contributed by atoms with Crippen LogP contribution in [-0.4, -0.2) is 26.1 Å². The molecule has 0 radical (unpaired) electrons. The Morgan fingerprint density at radius 1 is 1.28 bits per heavy atom. The maximum atomic E-state index is 12.6. The second-order valence-electron chi connectivity index (χ2n) is 5.85. The van der Waals surface area contributed by atoms with Crippen LogP contribution in [0.15, 0.2) is 47.7 Å². The van der Waals surface area contributed by atoms with Gasteiger partial charge in [0.15, 0.2) is 0 Å². The third-order valence-corrected chi connectivity index (χ3v) is 4.01. The zero-order valence-electron chi connectivity index (χ0n) is 14.4. The number of aromatic hydroxyl groups is 1. The van der Waals surface area contributed by atoms with E-state index in [0.717, 1.165) is 5.56 Å². The standard InChI is InChI=1S/C19H20N4O2/c1-4-15(14-11-12(2)8-9-16(14)24)21-22-19(25)18-13(3)20-17-7-5-6-10-23(17)18/h5-11,24H,4H2,1-3H3,(H,22,25)/b21-15+. The number of carbonyl (C=O) groups excluding carboxylic acids is 1. The number of hydrogen-bond donors (Lipinski definition) is 2. The van der Waals surface area contributed by atoms with Crippen LogP contribution in [-0.2, 0) is 0 Å². The minimum Gasteiger partial charge on any atom is -0.507 e. The summed E-state index contributed by atoms with van der Waals surface area (Å²) in [4.78, 5) is 17.0. The highest BCUT2D eigenvalue weighted by atomic mass is 16.3. The summed E-state index contributed by atoms with van der Waals surface area (Å²) < 4.78 is 1.73. The fourth-order valence-corrected chi connectivity index (χ4v) is 2.77. The predicted molar refractivity (Wildman–Crippen MR) is 97.1 cm³/mol. The highest BCUT2D eigenvalue weighted by Crippen LogP contribution is 2.20. The summed E-state index contributed by atoms with van der Waals surface area (Å²) in [5, 5.41) is 14.3. The Morgan fingerprint density at radius 3 is 2.84 bits per heavy atom. The number of nitrogens with one attached hydrogen (secondary N) is 1. The van der Waals surface area contributed by atoms with Crippen molar-refractivity contribution in [1.82, 2.24) is 14.8 Å². The third-order valence-electron chi connectivity index (χ3n) is 4.01. The number of phenols is 1. The third kappa shape index (κ3) is 3.24. The lowest BCUT2D eigenvalue weighted by atomic mass is 10.0. The molecule has 25 heavy (non-hydrogen) atoms. The molecule has 2 aromatic heterocycles. The summed E-state index contributed by atoms with van der Waals surface area (Å²) in [5.41, 5.74) is 6.63. The molecule has 1 amide bonds. The number of phenolic OH excluding ortho intramolecular Hbond substituents is 1. The van der Waals surface area contributed by atoms with E-state index < -0.39 is 0 Å². The van der Waals surface area contributed by atoms with Crippen LogP contribution >= 0.6 is 0 Å². The van der Waals surface area contributed by atoms with Gasteiger partial charge >= 0.3 is 0 Å². The van der Waals surface area contributed by atoms with E-state index in [1.54, 1.807) is 23.6 Å². The minimum absolute atomic E-state index is 0.145. The second kappa shape index (κ2) is 6.76. The molecule has 0 fully saturated rings. The molecule has 0 atom stereocenters. The Hall–Kier alpha value is -3.15. The van der Waals surface area contributed by atoms with Crippen molar-refractivity contribution < 1.29 is 9.90 Å². The second-order valence-corrected chi connectivity index (χ2v) is 5.85. The number of hydrazone groups is 1. The monoisotopic (exact) mass is 336 g/mol. The highest BCUT2D eigenvalue weighted by Gasteiger charge is 2.16. The number of nitrogens with zero attached hydrogens (tertiary/aromatic N) is 3. The van der Waals surface area contributed by atoms with E-state index in [-0.39, 0.29) is 11.7 Å². The Bertz CT molecular complexity index is 973. The molecule has 0 saturated heterocycles. The molecule has 2 heterocycles. The number of rotatable bonds is 4. The van der Waals surface area contributed by atoms with Gasteiger partial charge in [-0.3, -0.25) is 9.20 Å². The normalized spacial score (nSPS) is 11.7. The van der Waals surface area contributed by atoms with Gasteiger partial charge < -0.3 is 5.11 Å². The summed E-state index contributed by atoms with van der Waals surface area (Å²) in [5.74, 6) is -0.194. The van der Waals surface area contributed by atoms with E-state index >= 15 is 0 Å². The maximum Gasteiger partial charge on any atom is 0.290 e. The quantitative estimate of drug-likeness (QED) is 0.567. The number of fused-ring (bicyclic) bond motifs is 1. The summed E-state index contributed by atoms with van der Waals surface area (Å²) in [7, 11) is 0. The van der Waals surface area contributed by atoms with Crippen molar-refractivity contribution in [3.05, 3.63) is 65.1 Å². The highest BCUT2D eigenvalue weighted by molar-refractivity contribution is 6.04. The molecule has 0 spiro atoms. The number of carbonyl (C=O) groups is 1. The molecule has 3 aromatic rings. The molecule has 128 valence electrons. The first-order valence-corrected chi connectivity index (χ1v) is 8.11. The van der Waals surface area contributed by atoms with Gasteiger partial charge in [0.2, 0.25) is 0 Å². The molecule has 6 heteroatoms. The van der Waals surface area contributed by atoms with E-state index in [4.69, 9.17) is 0 Å². The Balaban J connectivity index is 1.92. The first-order valence-electron chi connectivity index (χ1n) is 8.11. The average molecular weight is 336 g/mol. The maximum absolute atomic E-state index is 12.6. The van der Waals surface area contributed by atoms with Gasteiger partial charge in [-0.15, -0.1) is 0 Å². The van der Waals surface area contributed by atoms with Crippen LogP contribution in [0, 0.1) is 13.8 Å². The van der Waals surface area contributed by atoms with Gasteiger partial charge in [-0.1, -0.05) is 24.6 Å². The first kappa shape index (κ1) is 16.7. The number of aromatic nitrogens is 2. The van der Waals surface area contributed by atoms with E-state index in [2.05, 4.69) is 15.5 Å². The van der Waals surface area contributed by atoms with E-state index in [0.29, 0.717) is 34.7 Å². The summed E-state index contributed by atoms with van der Waals surface area (Å²) in [6, 6.07) is 10.9. The molecule has 6 nitrogen and oxygen atoms in total. The molecule has 0 aliphatic heterocycles. The molecule has 0 saturated carbocycles. The number of pyridine rings is 1. The van der Waals surface area contributed by atoms with Crippen LogP contribution in [0.25, 0.3) is 5.65 Å². The van der Waals surface area contributed by atoms with Crippen molar-refractivity contribution in [2.45, 2.75) is 27.2 Å². The van der Waals surface area contributed by atoms with Crippen LogP contribution in [0.1, 0.15) is 40.7 Å². The van der Waals surface area contributed by atoms with Crippen molar-refractivity contribution in [2.75, 3.05) is 0 Å². The van der Waals surface area contributed by atoms with Gasteiger partial charge in [0.05, 0.1) is 11.4 Å². The van der Waals surface area contributed by atoms with Crippen LogP contribution in [0.3, 0.4) is 0 Å². The van der Waals surface area contributed by atoms with Crippen molar-refractivity contribution in [3.8, 4) is 5.75 Å². The lowest BCUT2D eigenvalue weighted by Crippen LogP contribution is -2.22. The smallest absolute Gasteiger partial charge is 0.290 e. The van der Waals surface area contributed by atoms with Crippen LogP contribution < -0.4 is 5.43 Å². The Morgan fingerprint density at radius 2 is 2.08 bits per heavy atom. The predicted octanol–water partition coefficient (Wildman–Crippen LogP) is 3.20. The van der Waals surface area contributed by atoms with Crippen LogP contribution in [0.5, 0.6) is 5.75 Å². The number of imidazole rings is 1. The first-order chi connectivity index (χ1) is 12.0. The van der Waals surface area contributed by atoms with Crippen LogP contribution in [0.4, 0.5) is 0 Å². The molecule has 0 aliphatic carbocycles. The number of amides is 1. The van der Waals surface area contributed by atoms with E-state index in [1.165, 1.54) is 0 Å². The fourth-order valence-electron chi connectivity index (χ4n) is 2.77. The molecule has 1 aromatic carbocycles. The molecular formula is C19H20N4O2. The van der Waals surface area contributed by atoms with Gasteiger partial charge in [0.1, 0.15) is 17.1 Å². The van der Waals surface area contributed by atoms with Gasteiger partial charge in [-0.2, -0.15) is 5.10 Å². The largest absolute Gasteiger partial charge is 0.507 e. The van der Waals surface area contributed by atoms with Crippen molar-refractivity contribution >= 4 is 17.3 Å². The summed E-state index contributed by atoms with van der Waals surface area (Å²) >= 11 is 0. The van der Waals surface area contributed by atoms with Gasteiger partial charge in [0.25, 0.3) is 5.91 Å². The van der Waals surface area contributed by atoms with Crippen molar-refractivity contribution in [2.24, 2.45) is 5.10 Å². The van der Waals surface area contributed by atoms with Crippen molar-refractivity contribution in [3.63, 3.8) is 0 Å². The molecule has 2 N–H and O–H groups in total. The van der Waals surface area contributed by atoms with Crippen molar-refractivity contribution in [1.29, 1.82) is 0 Å². The van der Waals surface area contributed by atoms with Gasteiger partial charge in [-0.05, 0) is 44.5 Å². The molecular weight excluding hydrogens is 316 g/mol. The summed E-state index contributed by atoms with van der Waals surface area (Å²) in [6.07, 6.45) is 2.37. The molecule has 3 rings (SSSR count). The molecule has 0 unspecified atom stereocenters. The Kier molecular flexibility index (Phi) is 4.52. The zero-order chi connectivity index (χ0) is 18.0. The average Bonchev–Trinajstić information content (AvgIpc) is 2.94. The SMILES string of the molecule is CC/C(=N\NC(=O)c1c(C)nc2ccccn12)c1cc(C)ccc1O. The van der Waals surface area contributed by atoms with Gasteiger partial charge in [0, 0.05) is 11.8 Å². The minimum atomic E-state index is -0.339. The number of aryl methyl sites for hydroxylation is 2. The Labute approximate surface area is 145 Å². The molecule has 0 bridgehead atoms. The zero-order valence-corrected chi connectivity index (χ0v) is 14.4. The van der Waals surface area contributed by atoms with Gasteiger partial charge in [-0.25, -0.2) is 10.4 Å².